The van der Waals surface area contributed by atoms with Crippen molar-refractivity contribution in [1.82, 2.24) is 20.5 Å². The Morgan fingerprint density at radius 2 is 1.73 bits per heavy atom. The lowest BCUT2D eigenvalue weighted by Gasteiger charge is -2.06. The van der Waals surface area contributed by atoms with Crippen molar-refractivity contribution in [1.29, 1.82) is 0 Å². The number of hydrogen-bond acceptors (Lipinski definition) is 4. The van der Waals surface area contributed by atoms with Crippen LogP contribution in [0.2, 0.25) is 0 Å². The fourth-order valence-electron chi connectivity index (χ4n) is 2.68. The summed E-state index contributed by atoms with van der Waals surface area (Å²) in [6.07, 6.45) is 3.13. The van der Waals surface area contributed by atoms with Crippen LogP contribution in [0, 0.1) is 12.7 Å². The number of amides is 2. The molecule has 0 aliphatic rings. The maximum Gasteiger partial charge on any atom is 0.329 e. The first-order valence-corrected chi connectivity index (χ1v) is 9.40. The zero-order chi connectivity index (χ0) is 21.7. The van der Waals surface area contributed by atoms with Crippen LogP contribution in [0.4, 0.5) is 4.39 Å². The molecule has 8 heteroatoms. The van der Waals surface area contributed by atoms with Gasteiger partial charge < -0.3 is 5.32 Å². The van der Waals surface area contributed by atoms with Crippen LogP contribution in [0.25, 0.3) is 16.9 Å². The fraction of sp³-hybridized carbons (Fsp3) is 0.182. The second kappa shape index (κ2) is 9.13. The third kappa shape index (κ3) is 5.16. The Morgan fingerprint density at radius 1 is 1.07 bits per heavy atom. The van der Waals surface area contributed by atoms with E-state index < -0.39 is 11.8 Å². The molecular formula is C22H22FN5O2. The fourth-order valence-corrected chi connectivity index (χ4v) is 2.68. The number of carbonyl (C=O) groups excluding carboxylic acids is 2. The van der Waals surface area contributed by atoms with Gasteiger partial charge in [0, 0.05) is 23.4 Å². The predicted octanol–water partition coefficient (Wildman–Crippen LogP) is 2.96. The molecule has 0 bridgehead atoms. The molecule has 2 aromatic carbocycles. The number of hydrazone groups is 1. The molecule has 0 saturated heterocycles. The number of carbonyl (C=O) groups is 2. The van der Waals surface area contributed by atoms with Crippen molar-refractivity contribution < 1.29 is 14.0 Å². The highest BCUT2D eigenvalue weighted by Crippen LogP contribution is 2.23. The van der Waals surface area contributed by atoms with E-state index in [-0.39, 0.29) is 11.9 Å². The van der Waals surface area contributed by atoms with Gasteiger partial charge in [0.05, 0.1) is 11.9 Å². The summed E-state index contributed by atoms with van der Waals surface area (Å²) in [6, 6.07) is 13.6. The number of halogens is 1. The van der Waals surface area contributed by atoms with Gasteiger partial charge in [-0.2, -0.15) is 10.2 Å². The normalized spacial score (nSPS) is 11.1. The van der Waals surface area contributed by atoms with Crippen LogP contribution in [-0.4, -0.2) is 33.9 Å². The van der Waals surface area contributed by atoms with E-state index >= 15 is 0 Å². The molecule has 2 N–H and O–H groups in total. The molecule has 0 unspecified atom stereocenters. The van der Waals surface area contributed by atoms with E-state index in [1.54, 1.807) is 36.9 Å². The van der Waals surface area contributed by atoms with Gasteiger partial charge in [-0.25, -0.2) is 14.5 Å². The van der Waals surface area contributed by atoms with Gasteiger partial charge in [-0.05, 0) is 45.0 Å². The van der Waals surface area contributed by atoms with Gasteiger partial charge in [0.15, 0.2) is 0 Å². The summed E-state index contributed by atoms with van der Waals surface area (Å²) in [4.78, 5) is 23.5. The highest BCUT2D eigenvalue weighted by Gasteiger charge is 2.14. The lowest BCUT2D eigenvalue weighted by atomic mass is 10.1. The van der Waals surface area contributed by atoms with Gasteiger partial charge in [0.1, 0.15) is 11.5 Å². The minimum atomic E-state index is -0.859. The van der Waals surface area contributed by atoms with Gasteiger partial charge in [0.2, 0.25) is 0 Å². The Kier molecular flexibility index (Phi) is 6.36. The van der Waals surface area contributed by atoms with E-state index in [1.807, 2.05) is 31.2 Å². The number of aromatic nitrogens is 2. The zero-order valence-electron chi connectivity index (χ0n) is 16.9. The largest absolute Gasteiger partial charge is 0.346 e. The molecular weight excluding hydrogens is 385 g/mol. The first-order chi connectivity index (χ1) is 14.3. The van der Waals surface area contributed by atoms with Crippen LogP contribution < -0.4 is 10.7 Å². The number of rotatable bonds is 5. The Balaban J connectivity index is 1.89. The Labute approximate surface area is 173 Å². The van der Waals surface area contributed by atoms with Gasteiger partial charge in [-0.1, -0.05) is 29.8 Å². The first kappa shape index (κ1) is 20.9. The summed E-state index contributed by atoms with van der Waals surface area (Å²) in [5.74, 6) is -1.96. The van der Waals surface area contributed by atoms with Crippen molar-refractivity contribution in [2.45, 2.75) is 26.8 Å². The molecule has 2 amide bonds. The van der Waals surface area contributed by atoms with Gasteiger partial charge in [0.25, 0.3) is 0 Å². The van der Waals surface area contributed by atoms with Crippen molar-refractivity contribution in [3.63, 3.8) is 0 Å². The minimum absolute atomic E-state index is 0.158. The molecule has 0 atom stereocenters. The lowest BCUT2D eigenvalue weighted by Crippen LogP contribution is -2.41. The number of nitrogens with one attached hydrogen (secondary N) is 2. The number of nitrogens with zero attached hydrogens (tertiary/aromatic N) is 3. The van der Waals surface area contributed by atoms with Gasteiger partial charge >= 0.3 is 11.8 Å². The molecule has 0 spiro atoms. The number of hydrogen-bond donors (Lipinski definition) is 2. The zero-order valence-corrected chi connectivity index (χ0v) is 16.9. The quantitative estimate of drug-likeness (QED) is 0.387. The van der Waals surface area contributed by atoms with Crippen LogP contribution in [0.3, 0.4) is 0 Å². The average Bonchev–Trinajstić information content (AvgIpc) is 3.12. The topological polar surface area (TPSA) is 88.4 Å². The van der Waals surface area contributed by atoms with Crippen LogP contribution in [0.15, 0.2) is 59.8 Å². The molecule has 3 rings (SSSR count). The first-order valence-electron chi connectivity index (χ1n) is 9.40. The molecule has 3 aromatic rings. The van der Waals surface area contributed by atoms with Crippen molar-refractivity contribution in [3.05, 3.63) is 71.7 Å². The van der Waals surface area contributed by atoms with E-state index in [0.717, 1.165) is 11.1 Å². The summed E-state index contributed by atoms with van der Waals surface area (Å²) in [5, 5.41) is 11.0. The van der Waals surface area contributed by atoms with E-state index in [9.17, 15) is 14.0 Å². The molecule has 0 aliphatic carbocycles. The van der Waals surface area contributed by atoms with Crippen LogP contribution in [0.1, 0.15) is 25.0 Å². The van der Waals surface area contributed by atoms with Crippen molar-refractivity contribution in [3.8, 4) is 16.9 Å². The van der Waals surface area contributed by atoms with Gasteiger partial charge in [-0.3, -0.25) is 9.59 Å². The molecule has 0 radical (unpaired) electrons. The Bertz CT molecular complexity index is 1070. The van der Waals surface area contributed by atoms with Crippen molar-refractivity contribution in [2.75, 3.05) is 0 Å². The van der Waals surface area contributed by atoms with Crippen LogP contribution in [0.5, 0.6) is 0 Å². The smallest absolute Gasteiger partial charge is 0.329 e. The Morgan fingerprint density at radius 3 is 2.37 bits per heavy atom. The molecule has 7 nitrogen and oxygen atoms in total. The number of benzene rings is 2. The maximum absolute atomic E-state index is 13.3. The van der Waals surface area contributed by atoms with E-state index in [2.05, 4.69) is 20.9 Å². The van der Waals surface area contributed by atoms with Crippen LogP contribution in [-0.2, 0) is 9.59 Å². The highest BCUT2D eigenvalue weighted by atomic mass is 19.1. The van der Waals surface area contributed by atoms with E-state index in [0.29, 0.717) is 16.9 Å². The summed E-state index contributed by atoms with van der Waals surface area (Å²) >= 11 is 0. The molecule has 0 saturated carbocycles. The second-order valence-corrected chi connectivity index (χ2v) is 7.05. The molecule has 154 valence electrons. The van der Waals surface area contributed by atoms with E-state index in [4.69, 9.17) is 0 Å². The second-order valence-electron chi connectivity index (χ2n) is 7.05. The summed E-state index contributed by atoms with van der Waals surface area (Å²) in [7, 11) is 0. The number of aryl methyl sites for hydroxylation is 1. The molecule has 0 aliphatic heterocycles. The van der Waals surface area contributed by atoms with E-state index in [1.165, 1.54) is 18.3 Å². The Hall–Kier alpha value is -3.81. The average molecular weight is 407 g/mol. The van der Waals surface area contributed by atoms with Gasteiger partial charge in [-0.15, -0.1) is 0 Å². The molecule has 1 heterocycles. The summed E-state index contributed by atoms with van der Waals surface area (Å²) < 4.78 is 14.9. The molecule has 1 aromatic heterocycles. The van der Waals surface area contributed by atoms with Crippen LogP contribution >= 0.6 is 0 Å². The predicted molar refractivity (Wildman–Crippen MR) is 113 cm³/mol. The minimum Gasteiger partial charge on any atom is -0.346 e. The summed E-state index contributed by atoms with van der Waals surface area (Å²) in [6.45, 7) is 5.50. The summed E-state index contributed by atoms with van der Waals surface area (Å²) in [5.41, 5.74) is 6.09. The maximum atomic E-state index is 13.3. The third-order valence-corrected chi connectivity index (χ3v) is 4.15. The molecule has 0 fully saturated rings. The highest BCUT2D eigenvalue weighted by molar-refractivity contribution is 6.35. The van der Waals surface area contributed by atoms with Crippen molar-refractivity contribution in [2.24, 2.45) is 5.10 Å². The molecule has 30 heavy (non-hydrogen) atoms. The van der Waals surface area contributed by atoms with Crippen molar-refractivity contribution >= 4 is 18.0 Å². The SMILES string of the molecule is Cc1ccc(-c2nn(-c3ccc(F)cc3)cc2/C=N\NC(=O)C(=O)NC(C)C)cc1. The standard InChI is InChI=1S/C22H22FN5O2/c1-14(2)25-21(29)22(30)26-24-12-17-13-28(19-10-8-18(23)9-11-19)27-20(17)16-6-4-15(3)5-7-16/h4-14H,1-3H3,(H,25,29)(H,26,30)/b24-12-. The monoisotopic (exact) mass is 407 g/mol. The lowest BCUT2D eigenvalue weighted by molar-refractivity contribution is -0.139. The third-order valence-electron chi connectivity index (χ3n) is 4.15.